The summed E-state index contributed by atoms with van der Waals surface area (Å²) in [6.07, 6.45) is 4.58. The quantitative estimate of drug-likeness (QED) is 0.912. The third-order valence-corrected chi connectivity index (χ3v) is 5.54. The zero-order valence-electron chi connectivity index (χ0n) is 14.7. The summed E-state index contributed by atoms with van der Waals surface area (Å²) in [4.78, 5) is 2.38. The van der Waals surface area contributed by atoms with Gasteiger partial charge in [-0.2, -0.15) is 10.2 Å². The highest BCUT2D eigenvalue weighted by molar-refractivity contribution is 5.80. The molecule has 0 spiro atoms. The third-order valence-electron chi connectivity index (χ3n) is 5.54. The van der Waals surface area contributed by atoms with Gasteiger partial charge in [0.05, 0.1) is 11.8 Å². The second-order valence-electron chi connectivity index (χ2n) is 7.21. The van der Waals surface area contributed by atoms with E-state index >= 15 is 0 Å². The molecule has 4 heteroatoms. The van der Waals surface area contributed by atoms with Gasteiger partial charge in [-0.3, -0.25) is 0 Å². The van der Waals surface area contributed by atoms with E-state index < -0.39 is 0 Å². The number of rotatable bonds is 5. The second-order valence-corrected chi connectivity index (χ2v) is 7.21. The maximum atomic E-state index is 9.75. The Morgan fingerprint density at radius 3 is 2.88 bits per heavy atom. The number of fused-ring (bicyclic) bond motifs is 1. The van der Waals surface area contributed by atoms with E-state index in [0.29, 0.717) is 0 Å². The van der Waals surface area contributed by atoms with Crippen molar-refractivity contribution in [3.05, 3.63) is 65.0 Å². The number of aliphatic hydroxyl groups excluding tert-OH is 1. The van der Waals surface area contributed by atoms with Gasteiger partial charge in [0.25, 0.3) is 0 Å². The Labute approximate surface area is 149 Å². The Hall–Kier alpha value is -2.04. The molecule has 1 saturated heterocycles. The van der Waals surface area contributed by atoms with Gasteiger partial charge in [0.15, 0.2) is 0 Å². The molecule has 4 rings (SSSR count). The number of allylic oxidation sites excluding steroid dienone is 1. The number of benzene rings is 1. The van der Waals surface area contributed by atoms with Crippen molar-refractivity contribution in [2.24, 2.45) is 0 Å². The number of hydrogen-bond donors (Lipinski definition) is 1. The Morgan fingerprint density at radius 1 is 1.24 bits per heavy atom. The zero-order valence-corrected chi connectivity index (χ0v) is 14.7. The number of β-amino-alcohol motifs (C(OH)–C–C–N with tert-alkyl or cyclic N) is 1. The summed E-state index contributed by atoms with van der Waals surface area (Å²) >= 11 is 0. The van der Waals surface area contributed by atoms with E-state index in [2.05, 4.69) is 52.4 Å². The summed E-state index contributed by atoms with van der Waals surface area (Å²) in [6.45, 7) is 5.09. The number of aliphatic hydroxyl groups is 1. The summed E-state index contributed by atoms with van der Waals surface area (Å²) in [5, 5.41) is 18.2. The fraction of sp³-hybridized carbons (Fsp3) is 0.429. The SMILES string of the molecule is CC(C1=C(CCN2CCC(O)C2)Cc2ccccc21)c1cccnn1. The first kappa shape index (κ1) is 16.4. The minimum atomic E-state index is -0.146. The zero-order chi connectivity index (χ0) is 17.2. The second kappa shape index (κ2) is 7.06. The molecule has 1 aliphatic carbocycles. The molecule has 1 aromatic heterocycles. The highest BCUT2D eigenvalue weighted by Crippen LogP contribution is 2.42. The van der Waals surface area contributed by atoms with E-state index in [-0.39, 0.29) is 12.0 Å². The van der Waals surface area contributed by atoms with Crippen molar-refractivity contribution in [1.29, 1.82) is 0 Å². The average molecular weight is 335 g/mol. The number of nitrogens with zero attached hydrogens (tertiary/aromatic N) is 3. The molecule has 2 atom stereocenters. The van der Waals surface area contributed by atoms with Crippen molar-refractivity contribution >= 4 is 5.57 Å². The number of hydrogen-bond acceptors (Lipinski definition) is 4. The lowest BCUT2D eigenvalue weighted by atomic mass is 9.90. The fourth-order valence-electron chi connectivity index (χ4n) is 4.22. The Bertz CT molecular complexity index is 772. The average Bonchev–Trinajstić information content (AvgIpc) is 3.23. The van der Waals surface area contributed by atoms with Gasteiger partial charge in [-0.1, -0.05) is 36.8 Å². The molecule has 2 aliphatic rings. The van der Waals surface area contributed by atoms with E-state index in [1.807, 2.05) is 6.07 Å². The molecule has 1 aromatic carbocycles. The molecule has 2 unspecified atom stereocenters. The molecule has 0 amide bonds. The lowest BCUT2D eigenvalue weighted by molar-refractivity contribution is 0.177. The molecule has 1 aliphatic heterocycles. The van der Waals surface area contributed by atoms with Gasteiger partial charge >= 0.3 is 0 Å². The molecule has 25 heavy (non-hydrogen) atoms. The van der Waals surface area contributed by atoms with Crippen molar-refractivity contribution in [2.75, 3.05) is 19.6 Å². The van der Waals surface area contributed by atoms with E-state index in [0.717, 1.165) is 44.6 Å². The van der Waals surface area contributed by atoms with Crippen molar-refractivity contribution in [3.63, 3.8) is 0 Å². The minimum Gasteiger partial charge on any atom is -0.392 e. The predicted octanol–water partition coefficient (Wildman–Crippen LogP) is 3.05. The smallest absolute Gasteiger partial charge is 0.0703 e. The van der Waals surface area contributed by atoms with Crippen LogP contribution in [-0.2, 0) is 6.42 Å². The lowest BCUT2D eigenvalue weighted by Gasteiger charge is -2.19. The normalized spacial score (nSPS) is 21.6. The Kier molecular flexibility index (Phi) is 4.64. The van der Waals surface area contributed by atoms with Gasteiger partial charge in [-0.25, -0.2) is 0 Å². The molecule has 0 radical (unpaired) electrons. The largest absolute Gasteiger partial charge is 0.392 e. The Morgan fingerprint density at radius 2 is 2.12 bits per heavy atom. The summed E-state index contributed by atoms with van der Waals surface area (Å²) in [5.41, 5.74) is 6.77. The molecule has 0 bridgehead atoms. The molecule has 1 N–H and O–H groups in total. The van der Waals surface area contributed by atoms with Gasteiger partial charge in [0, 0.05) is 31.7 Å². The maximum absolute atomic E-state index is 9.75. The van der Waals surface area contributed by atoms with Crippen molar-refractivity contribution in [2.45, 2.75) is 38.2 Å². The van der Waals surface area contributed by atoms with Gasteiger partial charge in [0.2, 0.25) is 0 Å². The van der Waals surface area contributed by atoms with Crippen LogP contribution in [0.5, 0.6) is 0 Å². The molecule has 4 nitrogen and oxygen atoms in total. The summed E-state index contributed by atoms with van der Waals surface area (Å²) in [5.74, 6) is 0.247. The van der Waals surface area contributed by atoms with Crippen LogP contribution in [0.25, 0.3) is 5.57 Å². The van der Waals surface area contributed by atoms with Crippen molar-refractivity contribution in [3.8, 4) is 0 Å². The number of likely N-dealkylation sites (tertiary alicyclic amines) is 1. The molecule has 1 fully saturated rings. The van der Waals surface area contributed by atoms with E-state index in [1.165, 1.54) is 22.3 Å². The van der Waals surface area contributed by atoms with Crippen LogP contribution in [0.2, 0.25) is 0 Å². The van der Waals surface area contributed by atoms with Crippen LogP contribution in [0.4, 0.5) is 0 Å². The van der Waals surface area contributed by atoms with Gasteiger partial charge in [-0.05, 0) is 48.1 Å². The first-order valence-electron chi connectivity index (χ1n) is 9.20. The molecule has 2 aromatic rings. The van der Waals surface area contributed by atoms with Crippen LogP contribution in [0.1, 0.15) is 42.5 Å². The number of aromatic nitrogens is 2. The molecule has 130 valence electrons. The monoisotopic (exact) mass is 335 g/mol. The lowest BCUT2D eigenvalue weighted by Crippen LogP contribution is -2.23. The van der Waals surface area contributed by atoms with Gasteiger partial charge in [-0.15, -0.1) is 0 Å². The van der Waals surface area contributed by atoms with Crippen LogP contribution in [0, 0.1) is 0 Å². The fourth-order valence-corrected chi connectivity index (χ4v) is 4.22. The third kappa shape index (κ3) is 3.37. The van der Waals surface area contributed by atoms with Gasteiger partial charge in [0.1, 0.15) is 0 Å². The molecule has 2 heterocycles. The molecule has 0 saturated carbocycles. The highest BCUT2D eigenvalue weighted by Gasteiger charge is 2.27. The maximum Gasteiger partial charge on any atom is 0.0703 e. The van der Waals surface area contributed by atoms with E-state index in [9.17, 15) is 5.11 Å². The summed E-state index contributed by atoms with van der Waals surface area (Å²) in [6, 6.07) is 12.8. The van der Waals surface area contributed by atoms with Crippen LogP contribution < -0.4 is 0 Å². The summed E-state index contributed by atoms with van der Waals surface area (Å²) < 4.78 is 0. The highest BCUT2D eigenvalue weighted by atomic mass is 16.3. The van der Waals surface area contributed by atoms with Crippen LogP contribution >= 0.6 is 0 Å². The van der Waals surface area contributed by atoms with Crippen molar-refractivity contribution < 1.29 is 5.11 Å². The van der Waals surface area contributed by atoms with Crippen LogP contribution in [0.15, 0.2) is 48.2 Å². The van der Waals surface area contributed by atoms with Crippen LogP contribution in [0.3, 0.4) is 0 Å². The minimum absolute atomic E-state index is 0.146. The van der Waals surface area contributed by atoms with E-state index in [1.54, 1.807) is 6.20 Å². The molecular weight excluding hydrogens is 310 g/mol. The molecular formula is C21H25N3O. The Balaban J connectivity index is 1.61. The first-order chi connectivity index (χ1) is 12.2. The van der Waals surface area contributed by atoms with Crippen molar-refractivity contribution in [1.82, 2.24) is 15.1 Å². The van der Waals surface area contributed by atoms with Crippen LogP contribution in [-0.4, -0.2) is 45.9 Å². The standard InChI is InChI=1S/C21H25N3O/c1-15(20-7-4-10-22-23-20)21-17(8-11-24-12-9-18(25)14-24)13-16-5-2-3-6-19(16)21/h2-7,10,15,18,25H,8-9,11-14H2,1H3. The van der Waals surface area contributed by atoms with Gasteiger partial charge < -0.3 is 10.0 Å². The first-order valence-corrected chi connectivity index (χ1v) is 9.20. The summed E-state index contributed by atoms with van der Waals surface area (Å²) in [7, 11) is 0. The van der Waals surface area contributed by atoms with E-state index in [4.69, 9.17) is 0 Å². The predicted molar refractivity (Wildman–Crippen MR) is 99.2 cm³/mol. The topological polar surface area (TPSA) is 49.2 Å².